The molecule has 0 aliphatic heterocycles. The quantitative estimate of drug-likeness (QED) is 0.344. The molecule has 0 heterocycles. The lowest BCUT2D eigenvalue weighted by Crippen LogP contribution is -2.44. The van der Waals surface area contributed by atoms with Crippen LogP contribution >= 0.6 is 0 Å². The van der Waals surface area contributed by atoms with Crippen molar-refractivity contribution in [2.45, 2.75) is 38.6 Å². The predicted octanol–water partition coefficient (Wildman–Crippen LogP) is 3.51. The lowest BCUT2D eigenvalue weighted by atomic mass is 9.86. The molecule has 2 atom stereocenters. The largest absolute Gasteiger partial charge is 0.506 e. The molecule has 1 saturated carbocycles. The number of hydrogen-bond acceptors (Lipinski definition) is 2. The molecule has 1 aromatic rings. The number of guanidine groups is 1. The minimum Gasteiger partial charge on any atom is -0.506 e. The highest BCUT2D eigenvalue weighted by Gasteiger charge is 2.22. The number of nitrogens with one attached hydrogen (secondary N) is 2. The Kier molecular flexibility index (Phi) is 5.67. The van der Waals surface area contributed by atoms with Crippen molar-refractivity contribution in [3.8, 4) is 5.75 Å². The van der Waals surface area contributed by atoms with Gasteiger partial charge in [0.25, 0.3) is 0 Å². The van der Waals surface area contributed by atoms with Crippen molar-refractivity contribution in [3.63, 3.8) is 0 Å². The first kappa shape index (κ1) is 15.4. The topological polar surface area (TPSA) is 56.7 Å². The van der Waals surface area contributed by atoms with E-state index < -0.39 is 0 Å². The first-order valence-corrected chi connectivity index (χ1v) is 7.67. The Morgan fingerprint density at radius 3 is 2.86 bits per heavy atom. The van der Waals surface area contributed by atoms with Gasteiger partial charge in [-0.25, -0.2) is 4.99 Å². The maximum Gasteiger partial charge on any atom is 0.196 e. The number of nitrogens with zero attached hydrogens (tertiary/aromatic N) is 1. The highest BCUT2D eigenvalue weighted by Crippen LogP contribution is 2.25. The molecule has 2 unspecified atom stereocenters. The molecular weight excluding hydrogens is 262 g/mol. The van der Waals surface area contributed by atoms with Crippen molar-refractivity contribution >= 4 is 11.6 Å². The Labute approximate surface area is 127 Å². The average molecular weight is 287 g/mol. The number of hydrogen-bond donors (Lipinski definition) is 3. The van der Waals surface area contributed by atoms with Crippen molar-refractivity contribution in [2.24, 2.45) is 10.9 Å². The summed E-state index contributed by atoms with van der Waals surface area (Å²) in [5, 5.41) is 16.6. The highest BCUT2D eigenvalue weighted by molar-refractivity contribution is 5.95. The summed E-state index contributed by atoms with van der Waals surface area (Å²) in [4.78, 5) is 4.47. The number of anilines is 1. The van der Waals surface area contributed by atoms with Gasteiger partial charge in [-0.3, -0.25) is 0 Å². The first-order valence-electron chi connectivity index (χ1n) is 7.67. The van der Waals surface area contributed by atoms with Gasteiger partial charge in [-0.1, -0.05) is 38.0 Å². The summed E-state index contributed by atoms with van der Waals surface area (Å²) in [5.74, 6) is 1.57. The zero-order chi connectivity index (χ0) is 15.1. The van der Waals surface area contributed by atoms with Crippen LogP contribution in [-0.4, -0.2) is 23.7 Å². The van der Waals surface area contributed by atoms with Gasteiger partial charge in [-0.05, 0) is 30.9 Å². The van der Waals surface area contributed by atoms with Gasteiger partial charge in [-0.15, -0.1) is 6.58 Å². The van der Waals surface area contributed by atoms with Crippen LogP contribution in [0.15, 0.2) is 41.9 Å². The van der Waals surface area contributed by atoms with Crippen molar-refractivity contribution in [1.82, 2.24) is 5.32 Å². The Bertz CT molecular complexity index is 499. The van der Waals surface area contributed by atoms with E-state index in [2.05, 4.69) is 29.1 Å². The zero-order valence-electron chi connectivity index (χ0n) is 12.7. The maximum atomic E-state index is 9.88. The summed E-state index contributed by atoms with van der Waals surface area (Å²) in [6, 6.07) is 7.62. The van der Waals surface area contributed by atoms with Crippen LogP contribution < -0.4 is 10.6 Å². The molecule has 1 aromatic carbocycles. The van der Waals surface area contributed by atoms with Crippen molar-refractivity contribution in [3.05, 3.63) is 36.9 Å². The molecule has 0 aromatic heterocycles. The number of aliphatic imine (C=N–C) groups is 1. The van der Waals surface area contributed by atoms with Gasteiger partial charge in [0, 0.05) is 6.04 Å². The average Bonchev–Trinajstić information content (AvgIpc) is 2.49. The molecular formula is C17H25N3O. The van der Waals surface area contributed by atoms with Crippen LogP contribution in [0.3, 0.4) is 0 Å². The van der Waals surface area contributed by atoms with E-state index in [1.54, 1.807) is 18.2 Å². The van der Waals surface area contributed by atoms with E-state index in [0.717, 1.165) is 6.42 Å². The third-order valence-corrected chi connectivity index (χ3v) is 3.97. The Balaban J connectivity index is 2.07. The molecule has 21 heavy (non-hydrogen) atoms. The Morgan fingerprint density at radius 1 is 1.38 bits per heavy atom. The second-order valence-corrected chi connectivity index (χ2v) is 5.63. The van der Waals surface area contributed by atoms with Gasteiger partial charge in [-0.2, -0.15) is 0 Å². The fourth-order valence-corrected chi connectivity index (χ4v) is 2.69. The second-order valence-electron chi connectivity index (χ2n) is 5.63. The molecule has 0 bridgehead atoms. The van der Waals surface area contributed by atoms with E-state index in [-0.39, 0.29) is 5.75 Å². The molecule has 0 spiro atoms. The predicted molar refractivity (Wildman–Crippen MR) is 88.8 cm³/mol. The molecule has 4 nitrogen and oxygen atoms in total. The zero-order valence-corrected chi connectivity index (χ0v) is 12.7. The third kappa shape index (κ3) is 4.52. The van der Waals surface area contributed by atoms with Crippen LogP contribution in [0.25, 0.3) is 0 Å². The summed E-state index contributed by atoms with van der Waals surface area (Å²) >= 11 is 0. The standard InChI is InChI=1S/C17H25N3O/c1-3-12-18-17(19-14-9-5-4-8-13(14)2)20-15-10-6-7-11-16(15)21/h3,6-7,10-11,13-14,21H,1,4-5,8-9,12H2,2H3,(H2,18,19,20). The fraction of sp³-hybridized carbons (Fsp3) is 0.471. The molecule has 1 aliphatic rings. The fourth-order valence-electron chi connectivity index (χ4n) is 2.69. The van der Waals surface area contributed by atoms with Crippen molar-refractivity contribution in [1.29, 1.82) is 0 Å². The van der Waals surface area contributed by atoms with Crippen LogP contribution in [0.2, 0.25) is 0 Å². The minimum absolute atomic E-state index is 0.224. The molecule has 0 radical (unpaired) electrons. The van der Waals surface area contributed by atoms with Crippen molar-refractivity contribution < 1.29 is 5.11 Å². The Hall–Kier alpha value is -1.97. The van der Waals surface area contributed by atoms with Gasteiger partial charge < -0.3 is 15.7 Å². The van der Waals surface area contributed by atoms with Crippen LogP contribution in [0.1, 0.15) is 32.6 Å². The van der Waals surface area contributed by atoms with Gasteiger partial charge in [0.15, 0.2) is 5.96 Å². The smallest absolute Gasteiger partial charge is 0.196 e. The van der Waals surface area contributed by atoms with E-state index in [1.165, 1.54) is 19.3 Å². The Morgan fingerprint density at radius 2 is 2.14 bits per heavy atom. The number of benzene rings is 1. The molecule has 2 rings (SSSR count). The summed E-state index contributed by atoms with van der Waals surface area (Å²) in [6.07, 6.45) is 6.75. The number of para-hydroxylation sites is 2. The molecule has 4 heteroatoms. The van der Waals surface area contributed by atoms with Crippen LogP contribution in [0.5, 0.6) is 5.75 Å². The summed E-state index contributed by atoms with van der Waals surface area (Å²) in [7, 11) is 0. The molecule has 1 aliphatic carbocycles. The summed E-state index contributed by atoms with van der Waals surface area (Å²) < 4.78 is 0. The SMILES string of the molecule is C=CCN=C(Nc1ccccc1O)NC1CCCCC1C. The molecule has 114 valence electrons. The number of rotatable bonds is 4. The third-order valence-electron chi connectivity index (χ3n) is 3.97. The normalized spacial score (nSPS) is 22.6. The first-order chi connectivity index (χ1) is 10.2. The van der Waals surface area contributed by atoms with E-state index >= 15 is 0 Å². The summed E-state index contributed by atoms with van der Waals surface area (Å²) in [6.45, 7) is 6.53. The van der Waals surface area contributed by atoms with Crippen LogP contribution in [-0.2, 0) is 0 Å². The minimum atomic E-state index is 0.224. The van der Waals surface area contributed by atoms with Crippen LogP contribution in [0.4, 0.5) is 5.69 Å². The van der Waals surface area contributed by atoms with E-state index in [4.69, 9.17) is 0 Å². The highest BCUT2D eigenvalue weighted by atomic mass is 16.3. The van der Waals surface area contributed by atoms with E-state index in [0.29, 0.717) is 30.2 Å². The van der Waals surface area contributed by atoms with Crippen LogP contribution in [0, 0.1) is 5.92 Å². The molecule has 1 fully saturated rings. The molecule has 0 amide bonds. The van der Waals surface area contributed by atoms with Gasteiger partial charge in [0.1, 0.15) is 5.75 Å². The van der Waals surface area contributed by atoms with Crippen molar-refractivity contribution in [2.75, 3.05) is 11.9 Å². The number of phenols is 1. The molecule has 3 N–H and O–H groups in total. The molecule has 0 saturated heterocycles. The lowest BCUT2D eigenvalue weighted by molar-refractivity contribution is 0.308. The van der Waals surface area contributed by atoms with Gasteiger partial charge in [0.05, 0.1) is 12.2 Å². The second kappa shape index (κ2) is 7.72. The van der Waals surface area contributed by atoms with E-state index in [1.807, 2.05) is 12.1 Å². The lowest BCUT2D eigenvalue weighted by Gasteiger charge is -2.31. The van der Waals surface area contributed by atoms with Gasteiger partial charge >= 0.3 is 0 Å². The van der Waals surface area contributed by atoms with E-state index in [9.17, 15) is 5.11 Å². The van der Waals surface area contributed by atoms with Gasteiger partial charge in [0.2, 0.25) is 0 Å². The summed E-state index contributed by atoms with van der Waals surface area (Å²) in [5.41, 5.74) is 0.663. The number of phenolic OH excluding ortho intramolecular Hbond substituents is 1. The monoisotopic (exact) mass is 287 g/mol. The number of aromatic hydroxyl groups is 1. The maximum absolute atomic E-state index is 9.88.